The minimum Gasteiger partial charge on any atom is -0.361 e. The van der Waals surface area contributed by atoms with Gasteiger partial charge in [0.05, 0.1) is 0 Å². The van der Waals surface area contributed by atoms with E-state index in [1.165, 1.54) is 30.9 Å². The molecule has 1 aromatic heterocycles. The first kappa shape index (κ1) is 11.7. The van der Waals surface area contributed by atoms with E-state index in [4.69, 9.17) is 5.73 Å². The molecule has 1 heterocycles. The second kappa shape index (κ2) is 4.73. The lowest BCUT2D eigenvalue weighted by molar-refractivity contribution is 0.307. The first-order chi connectivity index (χ1) is 8.74. The molecule has 0 radical (unpaired) electrons. The van der Waals surface area contributed by atoms with Gasteiger partial charge in [-0.25, -0.2) is 4.39 Å². The number of aromatic amines is 1. The SMILES string of the molecule is NC1CCCCC1Cc1c[nH]c2ccc(F)cc12. The fourth-order valence-corrected chi connectivity index (χ4v) is 3.09. The second-order valence-corrected chi connectivity index (χ2v) is 5.42. The normalized spacial score (nSPS) is 24.6. The van der Waals surface area contributed by atoms with E-state index in [2.05, 4.69) is 4.98 Å². The van der Waals surface area contributed by atoms with Gasteiger partial charge in [0.2, 0.25) is 0 Å². The highest BCUT2D eigenvalue weighted by atomic mass is 19.1. The van der Waals surface area contributed by atoms with Crippen LogP contribution in [0.25, 0.3) is 10.9 Å². The molecule has 0 amide bonds. The van der Waals surface area contributed by atoms with Crippen LogP contribution in [-0.2, 0) is 6.42 Å². The summed E-state index contributed by atoms with van der Waals surface area (Å²) >= 11 is 0. The predicted octanol–water partition coefficient (Wildman–Crippen LogP) is 3.37. The molecule has 3 N–H and O–H groups in total. The number of benzene rings is 1. The fourth-order valence-electron chi connectivity index (χ4n) is 3.09. The first-order valence-electron chi connectivity index (χ1n) is 6.75. The Kier molecular flexibility index (Phi) is 3.08. The summed E-state index contributed by atoms with van der Waals surface area (Å²) < 4.78 is 13.3. The maximum atomic E-state index is 13.3. The topological polar surface area (TPSA) is 41.8 Å². The largest absolute Gasteiger partial charge is 0.361 e. The monoisotopic (exact) mass is 246 g/mol. The minimum absolute atomic E-state index is 0.170. The van der Waals surface area contributed by atoms with E-state index in [1.807, 2.05) is 6.20 Å². The third-order valence-electron chi connectivity index (χ3n) is 4.18. The van der Waals surface area contributed by atoms with E-state index in [1.54, 1.807) is 12.1 Å². The summed E-state index contributed by atoms with van der Waals surface area (Å²) in [6.07, 6.45) is 7.82. The van der Waals surface area contributed by atoms with Crippen molar-refractivity contribution in [3.05, 3.63) is 35.8 Å². The zero-order chi connectivity index (χ0) is 12.5. The van der Waals surface area contributed by atoms with Crippen LogP contribution in [-0.4, -0.2) is 11.0 Å². The Bertz CT molecular complexity index is 546. The molecule has 18 heavy (non-hydrogen) atoms. The minimum atomic E-state index is -0.170. The quantitative estimate of drug-likeness (QED) is 0.838. The van der Waals surface area contributed by atoms with E-state index in [0.717, 1.165) is 23.7 Å². The third kappa shape index (κ3) is 2.15. The van der Waals surface area contributed by atoms with E-state index < -0.39 is 0 Å². The number of hydrogen-bond donors (Lipinski definition) is 2. The molecule has 96 valence electrons. The van der Waals surface area contributed by atoms with E-state index in [9.17, 15) is 4.39 Å². The van der Waals surface area contributed by atoms with Crippen LogP contribution in [0, 0.1) is 11.7 Å². The Morgan fingerprint density at radius 3 is 2.94 bits per heavy atom. The van der Waals surface area contributed by atoms with Crippen molar-refractivity contribution in [1.29, 1.82) is 0 Å². The van der Waals surface area contributed by atoms with Gasteiger partial charge in [-0.1, -0.05) is 12.8 Å². The smallest absolute Gasteiger partial charge is 0.123 e. The van der Waals surface area contributed by atoms with E-state index in [0.29, 0.717) is 12.0 Å². The number of fused-ring (bicyclic) bond motifs is 1. The Morgan fingerprint density at radius 2 is 2.11 bits per heavy atom. The van der Waals surface area contributed by atoms with Crippen molar-refractivity contribution in [2.24, 2.45) is 11.7 Å². The zero-order valence-electron chi connectivity index (χ0n) is 10.5. The molecule has 2 atom stereocenters. The molecule has 2 unspecified atom stereocenters. The van der Waals surface area contributed by atoms with Crippen LogP contribution in [0.15, 0.2) is 24.4 Å². The molecule has 0 bridgehead atoms. The Morgan fingerprint density at radius 1 is 1.28 bits per heavy atom. The Balaban J connectivity index is 1.87. The molecule has 1 fully saturated rings. The van der Waals surface area contributed by atoms with E-state index in [-0.39, 0.29) is 5.82 Å². The van der Waals surface area contributed by atoms with Crippen LogP contribution in [0.2, 0.25) is 0 Å². The van der Waals surface area contributed by atoms with Crippen LogP contribution >= 0.6 is 0 Å². The number of rotatable bonds is 2. The van der Waals surface area contributed by atoms with Crippen LogP contribution in [0.5, 0.6) is 0 Å². The molecule has 1 saturated carbocycles. The van der Waals surface area contributed by atoms with Crippen molar-refractivity contribution in [2.75, 3.05) is 0 Å². The molecule has 3 heteroatoms. The molecule has 1 aliphatic rings. The molecular weight excluding hydrogens is 227 g/mol. The maximum Gasteiger partial charge on any atom is 0.123 e. The summed E-state index contributed by atoms with van der Waals surface area (Å²) in [7, 11) is 0. The van der Waals surface area contributed by atoms with Gasteiger partial charge in [0.15, 0.2) is 0 Å². The summed E-state index contributed by atoms with van der Waals surface area (Å²) in [5.41, 5.74) is 8.40. The number of aromatic nitrogens is 1. The highest BCUT2D eigenvalue weighted by Crippen LogP contribution is 2.29. The van der Waals surface area contributed by atoms with Gasteiger partial charge in [0.25, 0.3) is 0 Å². The number of H-pyrrole nitrogens is 1. The van der Waals surface area contributed by atoms with Crippen LogP contribution < -0.4 is 5.73 Å². The van der Waals surface area contributed by atoms with Gasteiger partial charge < -0.3 is 10.7 Å². The van der Waals surface area contributed by atoms with Gasteiger partial charge >= 0.3 is 0 Å². The fraction of sp³-hybridized carbons (Fsp3) is 0.467. The number of nitrogens with two attached hydrogens (primary N) is 1. The van der Waals surface area contributed by atoms with Crippen LogP contribution in [0.3, 0.4) is 0 Å². The van der Waals surface area contributed by atoms with Crippen molar-refractivity contribution >= 4 is 10.9 Å². The molecular formula is C15H19FN2. The summed E-state index contributed by atoms with van der Waals surface area (Å²) in [5.74, 6) is 0.373. The summed E-state index contributed by atoms with van der Waals surface area (Å²) in [5, 5.41) is 1.01. The summed E-state index contributed by atoms with van der Waals surface area (Å²) in [4.78, 5) is 3.21. The van der Waals surface area contributed by atoms with Gasteiger partial charge in [-0.3, -0.25) is 0 Å². The molecule has 0 saturated heterocycles. The van der Waals surface area contributed by atoms with Crippen LogP contribution in [0.1, 0.15) is 31.2 Å². The highest BCUT2D eigenvalue weighted by Gasteiger charge is 2.22. The predicted molar refractivity (Wildman–Crippen MR) is 71.9 cm³/mol. The van der Waals surface area contributed by atoms with Crippen LogP contribution in [0.4, 0.5) is 4.39 Å². The first-order valence-corrected chi connectivity index (χ1v) is 6.75. The second-order valence-electron chi connectivity index (χ2n) is 5.42. The molecule has 1 aromatic carbocycles. The van der Waals surface area contributed by atoms with E-state index >= 15 is 0 Å². The van der Waals surface area contributed by atoms with Gasteiger partial charge in [-0.2, -0.15) is 0 Å². The molecule has 3 rings (SSSR count). The lowest BCUT2D eigenvalue weighted by Gasteiger charge is -2.28. The van der Waals surface area contributed by atoms with Crippen molar-refractivity contribution in [3.8, 4) is 0 Å². The average Bonchev–Trinajstić information content (AvgIpc) is 2.75. The lowest BCUT2D eigenvalue weighted by Crippen LogP contribution is -2.34. The number of halogens is 1. The maximum absolute atomic E-state index is 13.3. The third-order valence-corrected chi connectivity index (χ3v) is 4.18. The van der Waals surface area contributed by atoms with Gasteiger partial charge in [-0.05, 0) is 48.9 Å². The average molecular weight is 246 g/mol. The summed E-state index contributed by atoms with van der Waals surface area (Å²) in [6.45, 7) is 0. The lowest BCUT2D eigenvalue weighted by atomic mass is 9.81. The Labute approximate surface area is 106 Å². The van der Waals surface area contributed by atoms with Crippen molar-refractivity contribution < 1.29 is 4.39 Å². The number of hydrogen-bond acceptors (Lipinski definition) is 1. The molecule has 1 aliphatic carbocycles. The standard InChI is InChI=1S/C15H19FN2/c16-12-5-6-15-13(8-12)11(9-18-15)7-10-3-1-2-4-14(10)17/h5-6,8-10,14,18H,1-4,7,17H2. The number of nitrogens with one attached hydrogen (secondary N) is 1. The Hall–Kier alpha value is -1.35. The van der Waals surface area contributed by atoms with Gasteiger partial charge in [0, 0.05) is 23.1 Å². The van der Waals surface area contributed by atoms with Crippen molar-refractivity contribution in [1.82, 2.24) is 4.98 Å². The molecule has 2 nitrogen and oxygen atoms in total. The highest BCUT2D eigenvalue weighted by molar-refractivity contribution is 5.83. The summed E-state index contributed by atoms with van der Waals surface area (Å²) in [6, 6.07) is 5.22. The molecule has 0 aliphatic heterocycles. The molecule has 0 spiro atoms. The van der Waals surface area contributed by atoms with Crippen molar-refractivity contribution in [3.63, 3.8) is 0 Å². The van der Waals surface area contributed by atoms with Crippen molar-refractivity contribution in [2.45, 2.75) is 38.1 Å². The van der Waals surface area contributed by atoms with Gasteiger partial charge in [0.1, 0.15) is 5.82 Å². The zero-order valence-corrected chi connectivity index (χ0v) is 10.5. The van der Waals surface area contributed by atoms with Gasteiger partial charge in [-0.15, -0.1) is 0 Å². The molecule has 2 aromatic rings.